The smallest absolute Gasteiger partial charge is 0.271 e. The van der Waals surface area contributed by atoms with Crippen molar-refractivity contribution in [1.29, 1.82) is 0 Å². The highest BCUT2D eigenvalue weighted by molar-refractivity contribution is 7.25. The summed E-state index contributed by atoms with van der Waals surface area (Å²) in [5.41, 5.74) is 1.08. The molecular weight excluding hydrogens is 350 g/mol. The topological polar surface area (TPSA) is 73.2 Å². The number of nitrogens with zero attached hydrogens (tertiary/aromatic N) is 2. The molecule has 0 unspecified atom stereocenters. The third kappa shape index (κ3) is 2.93. The lowest BCUT2D eigenvalue weighted by atomic mass is 10.2. The van der Waals surface area contributed by atoms with Crippen LogP contribution in [-0.2, 0) is 11.3 Å². The van der Waals surface area contributed by atoms with Gasteiger partial charge in [0.15, 0.2) is 0 Å². The zero-order chi connectivity index (χ0) is 18.1. The average Bonchev–Trinajstić information content (AvgIpc) is 3.04. The molecule has 0 spiro atoms. The molecule has 1 N–H and O–H groups in total. The fourth-order valence-corrected chi connectivity index (χ4v) is 3.89. The first-order valence-corrected chi connectivity index (χ1v) is 8.78. The molecule has 130 valence electrons. The molecule has 0 aliphatic heterocycles. The number of aromatic nitrogens is 2. The van der Waals surface area contributed by atoms with Crippen molar-refractivity contribution in [3.63, 3.8) is 0 Å². The van der Waals surface area contributed by atoms with Gasteiger partial charge in [0.2, 0.25) is 5.91 Å². The molecule has 2 aromatic carbocycles. The minimum Gasteiger partial charge on any atom is -0.497 e. The van der Waals surface area contributed by atoms with Crippen LogP contribution in [0.1, 0.15) is 0 Å². The second-order valence-corrected chi connectivity index (χ2v) is 6.79. The van der Waals surface area contributed by atoms with E-state index < -0.39 is 0 Å². The van der Waals surface area contributed by atoms with Crippen LogP contribution in [0.25, 0.3) is 20.3 Å². The van der Waals surface area contributed by atoms with Crippen molar-refractivity contribution < 1.29 is 9.53 Å². The van der Waals surface area contributed by atoms with Gasteiger partial charge >= 0.3 is 0 Å². The van der Waals surface area contributed by atoms with Crippen LogP contribution in [0.2, 0.25) is 0 Å². The van der Waals surface area contributed by atoms with E-state index in [0.717, 1.165) is 10.1 Å². The van der Waals surface area contributed by atoms with Crippen LogP contribution in [0.3, 0.4) is 0 Å². The average molecular weight is 365 g/mol. The summed E-state index contributed by atoms with van der Waals surface area (Å²) in [7, 11) is 1.56. The highest BCUT2D eigenvalue weighted by atomic mass is 32.1. The normalized spacial score (nSPS) is 11.0. The summed E-state index contributed by atoms with van der Waals surface area (Å²) in [6, 6.07) is 14.8. The van der Waals surface area contributed by atoms with Gasteiger partial charge in [-0.15, -0.1) is 11.3 Å². The Kier molecular flexibility index (Phi) is 4.14. The van der Waals surface area contributed by atoms with Gasteiger partial charge in [0.1, 0.15) is 17.0 Å². The van der Waals surface area contributed by atoms with Gasteiger partial charge in [-0.05, 0) is 18.2 Å². The fraction of sp³-hybridized carbons (Fsp3) is 0.105. The van der Waals surface area contributed by atoms with Crippen molar-refractivity contribution in [3.8, 4) is 5.75 Å². The zero-order valence-electron chi connectivity index (χ0n) is 13.9. The number of carbonyl (C=O) groups excluding carboxylic acids is 1. The lowest BCUT2D eigenvalue weighted by molar-refractivity contribution is -0.116. The third-order valence-electron chi connectivity index (χ3n) is 4.02. The molecule has 0 aliphatic rings. The number of ether oxygens (including phenoxy) is 1. The molecule has 2 aromatic heterocycles. The monoisotopic (exact) mass is 365 g/mol. The number of hydrogen-bond acceptors (Lipinski definition) is 5. The lowest BCUT2D eigenvalue weighted by Crippen LogP contribution is -2.27. The molecule has 7 heteroatoms. The number of carbonyl (C=O) groups is 1. The summed E-state index contributed by atoms with van der Waals surface area (Å²) in [4.78, 5) is 29.4. The highest BCUT2D eigenvalue weighted by Gasteiger charge is 2.13. The molecule has 6 nitrogen and oxygen atoms in total. The number of fused-ring (bicyclic) bond motifs is 3. The molecule has 0 saturated heterocycles. The molecule has 2 heterocycles. The number of methoxy groups -OCH3 is 1. The lowest BCUT2D eigenvalue weighted by Gasteiger charge is -2.08. The van der Waals surface area contributed by atoms with Gasteiger partial charge in [0.05, 0.1) is 19.0 Å². The van der Waals surface area contributed by atoms with E-state index >= 15 is 0 Å². The predicted octanol–water partition coefficient (Wildman–Crippen LogP) is 3.26. The zero-order valence-corrected chi connectivity index (χ0v) is 14.7. The minimum atomic E-state index is -0.303. The van der Waals surface area contributed by atoms with Crippen molar-refractivity contribution in [2.45, 2.75) is 6.54 Å². The standard InChI is InChI=1S/C19H15N3O3S/c1-25-13-6-4-5-12(9-13)21-16(23)10-22-11-20-17-14-7-2-3-8-15(14)26-18(17)19(22)24/h2-9,11H,10H2,1H3,(H,21,23). The Hall–Kier alpha value is -3.19. The van der Waals surface area contributed by atoms with E-state index in [2.05, 4.69) is 10.3 Å². The van der Waals surface area contributed by atoms with Gasteiger partial charge in [0.25, 0.3) is 5.56 Å². The number of thiophene rings is 1. The molecule has 0 aliphatic carbocycles. The van der Waals surface area contributed by atoms with E-state index in [4.69, 9.17) is 4.74 Å². The van der Waals surface area contributed by atoms with Gasteiger partial charge < -0.3 is 10.1 Å². The summed E-state index contributed by atoms with van der Waals surface area (Å²) >= 11 is 1.39. The number of hydrogen-bond donors (Lipinski definition) is 1. The first-order valence-electron chi connectivity index (χ1n) is 7.96. The van der Waals surface area contributed by atoms with Gasteiger partial charge in [-0.25, -0.2) is 4.98 Å². The number of rotatable bonds is 4. The maximum Gasteiger partial charge on any atom is 0.271 e. The summed E-state index contributed by atoms with van der Waals surface area (Å²) in [6.07, 6.45) is 1.43. The summed E-state index contributed by atoms with van der Waals surface area (Å²) in [5, 5.41) is 3.72. The van der Waals surface area contributed by atoms with Crippen LogP contribution < -0.4 is 15.6 Å². The van der Waals surface area contributed by atoms with Gasteiger partial charge in [-0.1, -0.05) is 24.3 Å². The molecule has 0 atom stereocenters. The summed E-state index contributed by atoms with van der Waals surface area (Å²) < 4.78 is 8.03. The van der Waals surface area contributed by atoms with Crippen LogP contribution in [0.15, 0.2) is 59.7 Å². The van der Waals surface area contributed by atoms with E-state index in [1.807, 2.05) is 24.3 Å². The molecule has 26 heavy (non-hydrogen) atoms. The second kappa shape index (κ2) is 6.61. The van der Waals surface area contributed by atoms with Crippen LogP contribution in [0.5, 0.6) is 5.75 Å². The highest BCUT2D eigenvalue weighted by Crippen LogP contribution is 2.29. The quantitative estimate of drug-likeness (QED) is 0.602. The van der Waals surface area contributed by atoms with E-state index in [1.54, 1.807) is 31.4 Å². The van der Waals surface area contributed by atoms with Crippen molar-refractivity contribution in [1.82, 2.24) is 9.55 Å². The Morgan fingerprint density at radius 1 is 1.23 bits per heavy atom. The molecule has 4 rings (SSSR count). The van der Waals surface area contributed by atoms with E-state index in [0.29, 0.717) is 21.7 Å². The molecule has 0 fully saturated rings. The number of amides is 1. The summed E-state index contributed by atoms with van der Waals surface area (Å²) in [6.45, 7) is -0.104. The SMILES string of the molecule is COc1cccc(NC(=O)Cn2cnc3c(sc4ccccc43)c2=O)c1. The minimum absolute atomic E-state index is 0.104. The Balaban J connectivity index is 1.62. The Morgan fingerprint density at radius 2 is 2.08 bits per heavy atom. The van der Waals surface area contributed by atoms with E-state index in [1.165, 1.54) is 22.2 Å². The van der Waals surface area contributed by atoms with Crippen molar-refractivity contribution in [2.24, 2.45) is 0 Å². The largest absolute Gasteiger partial charge is 0.497 e. The van der Waals surface area contributed by atoms with Gasteiger partial charge in [-0.3, -0.25) is 14.2 Å². The molecule has 1 amide bonds. The number of anilines is 1. The van der Waals surface area contributed by atoms with Crippen molar-refractivity contribution >= 4 is 43.2 Å². The Bertz CT molecular complexity index is 1180. The number of nitrogens with one attached hydrogen (secondary N) is 1. The van der Waals surface area contributed by atoms with E-state index in [-0.39, 0.29) is 18.0 Å². The van der Waals surface area contributed by atoms with Crippen molar-refractivity contribution in [2.75, 3.05) is 12.4 Å². The molecule has 0 bridgehead atoms. The number of benzene rings is 2. The predicted molar refractivity (Wildman–Crippen MR) is 103 cm³/mol. The molecule has 0 saturated carbocycles. The first kappa shape index (κ1) is 16.3. The summed E-state index contributed by atoms with van der Waals surface area (Å²) in [5.74, 6) is 0.343. The maximum atomic E-state index is 12.7. The Labute approximate surface area is 152 Å². The van der Waals surface area contributed by atoms with Crippen LogP contribution in [-0.4, -0.2) is 22.6 Å². The van der Waals surface area contributed by atoms with Gasteiger partial charge in [-0.2, -0.15) is 0 Å². The van der Waals surface area contributed by atoms with Crippen LogP contribution in [0, 0.1) is 0 Å². The fourth-order valence-electron chi connectivity index (χ4n) is 2.78. The first-order chi connectivity index (χ1) is 12.7. The van der Waals surface area contributed by atoms with Crippen LogP contribution in [0.4, 0.5) is 5.69 Å². The Morgan fingerprint density at radius 3 is 2.92 bits per heavy atom. The van der Waals surface area contributed by atoms with Gasteiger partial charge in [0, 0.05) is 21.8 Å². The second-order valence-electron chi connectivity index (χ2n) is 5.73. The maximum absolute atomic E-state index is 12.7. The van der Waals surface area contributed by atoms with E-state index in [9.17, 15) is 9.59 Å². The van der Waals surface area contributed by atoms with Crippen LogP contribution >= 0.6 is 11.3 Å². The van der Waals surface area contributed by atoms with Crippen molar-refractivity contribution in [3.05, 3.63) is 65.2 Å². The molecule has 4 aromatic rings. The third-order valence-corrected chi connectivity index (χ3v) is 5.17. The molecule has 0 radical (unpaired) electrons. The molecular formula is C19H15N3O3S.